The maximum absolute atomic E-state index is 13.6. The lowest BCUT2D eigenvalue weighted by Crippen LogP contribution is -1.95. The van der Waals surface area contributed by atoms with E-state index in [2.05, 4.69) is 26.0 Å². The van der Waals surface area contributed by atoms with Gasteiger partial charge in [0.25, 0.3) is 0 Å². The van der Waals surface area contributed by atoms with E-state index >= 15 is 0 Å². The molecule has 2 heterocycles. The Morgan fingerprint density at radius 2 is 2.19 bits per heavy atom. The molecule has 0 saturated carbocycles. The van der Waals surface area contributed by atoms with Gasteiger partial charge in [0.05, 0.1) is 7.11 Å². The third-order valence-electron chi connectivity index (χ3n) is 2.10. The Labute approximate surface area is 100 Å². The van der Waals surface area contributed by atoms with Gasteiger partial charge in [-0.25, -0.2) is 9.07 Å². The minimum Gasteiger partial charge on any atom is -0.481 e. The number of rotatable bonds is 2. The molecule has 6 heteroatoms. The van der Waals surface area contributed by atoms with Gasteiger partial charge in [-0.2, -0.15) is 5.10 Å². The molecule has 0 aliphatic rings. The maximum Gasteiger partial charge on any atom is 0.211 e. The highest BCUT2D eigenvalue weighted by Gasteiger charge is 2.13. The quantitative estimate of drug-likeness (QED) is 0.851. The predicted molar refractivity (Wildman–Crippen MR) is 60.6 cm³/mol. The van der Waals surface area contributed by atoms with Crippen molar-refractivity contribution in [3.05, 3.63) is 28.6 Å². The lowest BCUT2D eigenvalue weighted by atomic mass is 10.2. The molecular formula is C10H9BrFN3O. The molecule has 0 saturated heterocycles. The number of nitrogens with zero attached hydrogens (tertiary/aromatic N) is 3. The summed E-state index contributed by atoms with van der Waals surface area (Å²) in [4.78, 5) is 3.98. The highest BCUT2D eigenvalue weighted by molar-refractivity contribution is 9.10. The standard InChI is InChI=1S/C10H9BrFN3O/c1-15-9(16-2)4-8(14-15)10-7(12)3-6(11)5-13-10/h3-5H,1-2H3. The molecule has 0 aromatic carbocycles. The Hall–Kier alpha value is -1.43. The van der Waals surface area contributed by atoms with Gasteiger partial charge < -0.3 is 4.74 Å². The van der Waals surface area contributed by atoms with Crippen LogP contribution < -0.4 is 4.74 Å². The van der Waals surface area contributed by atoms with Gasteiger partial charge in [-0.05, 0) is 22.0 Å². The van der Waals surface area contributed by atoms with Crippen LogP contribution in [0.1, 0.15) is 0 Å². The average molecular weight is 286 g/mol. The number of halogens is 2. The summed E-state index contributed by atoms with van der Waals surface area (Å²) in [6, 6.07) is 2.99. The summed E-state index contributed by atoms with van der Waals surface area (Å²) < 4.78 is 20.8. The van der Waals surface area contributed by atoms with Crippen LogP contribution >= 0.6 is 15.9 Å². The minimum atomic E-state index is -0.421. The van der Waals surface area contributed by atoms with Crippen LogP contribution in [-0.2, 0) is 7.05 Å². The zero-order valence-electron chi connectivity index (χ0n) is 8.74. The van der Waals surface area contributed by atoms with Crippen molar-refractivity contribution in [2.75, 3.05) is 7.11 Å². The Balaban J connectivity index is 2.50. The molecule has 0 atom stereocenters. The van der Waals surface area contributed by atoms with E-state index in [0.29, 0.717) is 16.0 Å². The van der Waals surface area contributed by atoms with Gasteiger partial charge in [-0.15, -0.1) is 0 Å². The monoisotopic (exact) mass is 285 g/mol. The van der Waals surface area contributed by atoms with Gasteiger partial charge in [0.1, 0.15) is 11.4 Å². The number of pyridine rings is 1. The van der Waals surface area contributed by atoms with E-state index in [1.807, 2.05) is 0 Å². The number of hydrogen-bond acceptors (Lipinski definition) is 3. The third kappa shape index (κ3) is 1.92. The molecule has 16 heavy (non-hydrogen) atoms. The summed E-state index contributed by atoms with van der Waals surface area (Å²) in [7, 11) is 3.26. The molecule has 0 amide bonds. The molecule has 0 spiro atoms. The zero-order valence-corrected chi connectivity index (χ0v) is 10.3. The molecule has 0 unspecified atom stereocenters. The molecule has 0 aliphatic heterocycles. The molecule has 2 aromatic heterocycles. The van der Waals surface area contributed by atoms with Crippen LogP contribution in [0.3, 0.4) is 0 Å². The smallest absolute Gasteiger partial charge is 0.211 e. The highest BCUT2D eigenvalue weighted by Crippen LogP contribution is 2.24. The first kappa shape index (κ1) is 11.1. The van der Waals surface area contributed by atoms with E-state index in [0.717, 1.165) is 0 Å². The summed E-state index contributed by atoms with van der Waals surface area (Å²) in [6.45, 7) is 0. The fourth-order valence-electron chi connectivity index (χ4n) is 1.36. The molecule has 0 aliphatic carbocycles. The Kier molecular flexibility index (Phi) is 2.91. The first-order valence-corrected chi connectivity index (χ1v) is 5.30. The van der Waals surface area contributed by atoms with Crippen molar-refractivity contribution >= 4 is 15.9 Å². The SMILES string of the molecule is COc1cc(-c2ncc(Br)cc2F)nn1C. The second-order valence-electron chi connectivity index (χ2n) is 3.18. The molecule has 0 fully saturated rings. The lowest BCUT2D eigenvalue weighted by molar-refractivity contribution is 0.373. The van der Waals surface area contributed by atoms with Gasteiger partial charge in [0.2, 0.25) is 5.88 Å². The van der Waals surface area contributed by atoms with Crippen LogP contribution in [0, 0.1) is 5.82 Å². The van der Waals surface area contributed by atoms with Crippen molar-refractivity contribution in [2.45, 2.75) is 0 Å². The van der Waals surface area contributed by atoms with E-state index in [4.69, 9.17) is 4.74 Å². The number of aryl methyl sites for hydroxylation is 1. The first-order valence-electron chi connectivity index (χ1n) is 4.51. The van der Waals surface area contributed by atoms with E-state index in [1.54, 1.807) is 13.1 Å². The second kappa shape index (κ2) is 4.21. The molecule has 0 N–H and O–H groups in total. The van der Waals surface area contributed by atoms with Crippen LogP contribution in [0.2, 0.25) is 0 Å². The van der Waals surface area contributed by atoms with Crippen molar-refractivity contribution in [3.8, 4) is 17.3 Å². The van der Waals surface area contributed by atoms with E-state index in [1.165, 1.54) is 24.1 Å². The summed E-state index contributed by atoms with van der Waals surface area (Å²) >= 11 is 3.15. The first-order chi connectivity index (χ1) is 7.61. The number of aromatic nitrogens is 3. The Morgan fingerprint density at radius 1 is 1.44 bits per heavy atom. The second-order valence-corrected chi connectivity index (χ2v) is 4.10. The fourth-order valence-corrected chi connectivity index (χ4v) is 1.66. The number of hydrogen-bond donors (Lipinski definition) is 0. The molecule has 0 radical (unpaired) electrons. The van der Waals surface area contributed by atoms with Crippen molar-refractivity contribution in [1.82, 2.24) is 14.8 Å². The van der Waals surface area contributed by atoms with E-state index < -0.39 is 5.82 Å². The summed E-state index contributed by atoms with van der Waals surface area (Å²) in [6.07, 6.45) is 1.53. The van der Waals surface area contributed by atoms with Gasteiger partial charge in [-0.3, -0.25) is 4.98 Å². The molecule has 0 bridgehead atoms. The molecule has 2 aromatic rings. The minimum absolute atomic E-state index is 0.210. The number of ether oxygens (including phenoxy) is 1. The van der Waals surface area contributed by atoms with Crippen molar-refractivity contribution in [1.29, 1.82) is 0 Å². The van der Waals surface area contributed by atoms with Crippen molar-refractivity contribution in [2.24, 2.45) is 7.05 Å². The van der Waals surface area contributed by atoms with Gasteiger partial charge >= 0.3 is 0 Å². The zero-order chi connectivity index (χ0) is 11.7. The van der Waals surface area contributed by atoms with Crippen LogP contribution in [0.15, 0.2) is 22.8 Å². The van der Waals surface area contributed by atoms with Gasteiger partial charge in [0, 0.05) is 23.8 Å². The summed E-state index contributed by atoms with van der Waals surface area (Å²) in [5.41, 5.74) is 0.659. The molecule has 84 valence electrons. The van der Waals surface area contributed by atoms with Crippen molar-refractivity contribution in [3.63, 3.8) is 0 Å². The topological polar surface area (TPSA) is 39.9 Å². The van der Waals surface area contributed by atoms with Gasteiger partial charge in [-0.1, -0.05) is 0 Å². The summed E-state index contributed by atoms with van der Waals surface area (Å²) in [5, 5.41) is 4.12. The average Bonchev–Trinajstić information content (AvgIpc) is 2.59. The molecule has 2 rings (SSSR count). The molecule has 4 nitrogen and oxygen atoms in total. The van der Waals surface area contributed by atoms with Gasteiger partial charge in [0.15, 0.2) is 5.82 Å². The Bertz CT molecular complexity index is 527. The van der Waals surface area contributed by atoms with E-state index in [9.17, 15) is 4.39 Å². The fraction of sp³-hybridized carbons (Fsp3) is 0.200. The lowest BCUT2D eigenvalue weighted by Gasteiger charge is -1.97. The van der Waals surface area contributed by atoms with Crippen molar-refractivity contribution < 1.29 is 9.13 Å². The summed E-state index contributed by atoms with van der Waals surface area (Å²) in [5.74, 6) is 0.134. The van der Waals surface area contributed by atoms with Crippen LogP contribution in [0.25, 0.3) is 11.4 Å². The highest BCUT2D eigenvalue weighted by atomic mass is 79.9. The third-order valence-corrected chi connectivity index (χ3v) is 2.53. The van der Waals surface area contributed by atoms with Crippen LogP contribution in [0.5, 0.6) is 5.88 Å². The number of methoxy groups -OCH3 is 1. The largest absolute Gasteiger partial charge is 0.481 e. The predicted octanol–water partition coefficient (Wildman–Crippen LogP) is 2.39. The van der Waals surface area contributed by atoms with Crippen LogP contribution in [0.4, 0.5) is 4.39 Å². The normalized spacial score (nSPS) is 10.5. The molecular weight excluding hydrogens is 277 g/mol. The maximum atomic E-state index is 13.6. The van der Waals surface area contributed by atoms with Crippen LogP contribution in [-0.4, -0.2) is 21.9 Å². The Morgan fingerprint density at radius 3 is 2.75 bits per heavy atom. The van der Waals surface area contributed by atoms with E-state index in [-0.39, 0.29) is 5.69 Å².